The van der Waals surface area contributed by atoms with E-state index >= 15 is 0 Å². The van der Waals surface area contributed by atoms with Crippen LogP contribution >= 0.6 is 15.9 Å². The highest BCUT2D eigenvalue weighted by molar-refractivity contribution is 9.10. The topological polar surface area (TPSA) is 20.3 Å². The molecule has 0 unspecified atom stereocenters. The van der Waals surface area contributed by atoms with Crippen LogP contribution in [0.15, 0.2) is 52.7 Å². The Bertz CT molecular complexity index is 420. The van der Waals surface area contributed by atoms with Crippen LogP contribution in [0, 0.1) is 0 Å². The SMILES string of the molecule is C/C(C=O)=C/C=C\N(C)Cc1ccc(Br)cc1. The molecule has 0 heterocycles. The number of rotatable bonds is 5. The van der Waals surface area contributed by atoms with E-state index in [1.165, 1.54) is 5.56 Å². The zero-order valence-electron chi connectivity index (χ0n) is 10.1. The molecule has 1 rings (SSSR count). The van der Waals surface area contributed by atoms with E-state index in [2.05, 4.69) is 33.0 Å². The van der Waals surface area contributed by atoms with E-state index in [0.29, 0.717) is 0 Å². The third kappa shape index (κ3) is 5.50. The fourth-order valence-corrected chi connectivity index (χ4v) is 1.58. The molecule has 0 radical (unpaired) electrons. The minimum absolute atomic E-state index is 0.721. The molecular formula is C14H16BrNO. The van der Waals surface area contributed by atoms with Crippen molar-refractivity contribution < 1.29 is 4.79 Å². The number of halogens is 1. The summed E-state index contributed by atoms with van der Waals surface area (Å²) in [5.41, 5.74) is 1.97. The Morgan fingerprint density at radius 1 is 1.35 bits per heavy atom. The van der Waals surface area contributed by atoms with Gasteiger partial charge in [0.2, 0.25) is 0 Å². The maximum Gasteiger partial charge on any atom is 0.145 e. The number of carbonyl (C=O) groups excluding carboxylic acids is 1. The third-order valence-corrected chi connectivity index (χ3v) is 2.76. The molecule has 1 aromatic carbocycles. The van der Waals surface area contributed by atoms with E-state index in [1.54, 1.807) is 13.0 Å². The zero-order valence-corrected chi connectivity index (χ0v) is 11.6. The number of aldehydes is 1. The summed E-state index contributed by atoms with van der Waals surface area (Å²) in [7, 11) is 2.00. The molecule has 0 aliphatic heterocycles. The number of hydrogen-bond donors (Lipinski definition) is 0. The fourth-order valence-electron chi connectivity index (χ4n) is 1.31. The molecule has 0 saturated carbocycles. The Morgan fingerprint density at radius 2 is 2.00 bits per heavy atom. The molecule has 0 atom stereocenters. The van der Waals surface area contributed by atoms with Gasteiger partial charge < -0.3 is 4.90 Å². The second kappa shape index (κ2) is 7.07. The lowest BCUT2D eigenvalue weighted by atomic mass is 10.2. The lowest BCUT2D eigenvalue weighted by molar-refractivity contribution is -0.104. The zero-order chi connectivity index (χ0) is 12.7. The first-order valence-corrected chi connectivity index (χ1v) is 6.16. The van der Waals surface area contributed by atoms with E-state index < -0.39 is 0 Å². The minimum atomic E-state index is 0.721. The van der Waals surface area contributed by atoms with Gasteiger partial charge in [0.25, 0.3) is 0 Å². The smallest absolute Gasteiger partial charge is 0.145 e. The van der Waals surface area contributed by atoms with Gasteiger partial charge in [-0.2, -0.15) is 0 Å². The first-order valence-electron chi connectivity index (χ1n) is 5.37. The van der Waals surface area contributed by atoms with Crippen molar-refractivity contribution in [1.82, 2.24) is 4.90 Å². The van der Waals surface area contributed by atoms with Crippen molar-refractivity contribution in [3.05, 3.63) is 58.2 Å². The van der Waals surface area contributed by atoms with Gasteiger partial charge in [-0.15, -0.1) is 0 Å². The van der Waals surface area contributed by atoms with Gasteiger partial charge in [-0.05, 0) is 42.5 Å². The van der Waals surface area contributed by atoms with Crippen LogP contribution in [0.3, 0.4) is 0 Å². The van der Waals surface area contributed by atoms with Gasteiger partial charge in [0.05, 0.1) is 0 Å². The Labute approximate surface area is 111 Å². The normalized spacial score (nSPS) is 11.8. The van der Waals surface area contributed by atoms with E-state index in [1.807, 2.05) is 31.5 Å². The molecule has 3 heteroatoms. The highest BCUT2D eigenvalue weighted by atomic mass is 79.9. The number of allylic oxidation sites excluding steroid dienone is 3. The Balaban J connectivity index is 2.52. The Hall–Kier alpha value is -1.35. The molecule has 0 fully saturated rings. The molecule has 0 bridgehead atoms. The van der Waals surface area contributed by atoms with Crippen LogP contribution in [-0.2, 0) is 11.3 Å². The van der Waals surface area contributed by atoms with Gasteiger partial charge in [0, 0.05) is 18.1 Å². The van der Waals surface area contributed by atoms with Gasteiger partial charge in [0.1, 0.15) is 6.29 Å². The fraction of sp³-hybridized carbons (Fsp3) is 0.214. The van der Waals surface area contributed by atoms with E-state index in [9.17, 15) is 4.79 Å². The van der Waals surface area contributed by atoms with Crippen molar-refractivity contribution >= 4 is 22.2 Å². The van der Waals surface area contributed by atoms with Crippen molar-refractivity contribution in [3.63, 3.8) is 0 Å². The second-order valence-electron chi connectivity index (χ2n) is 3.91. The second-order valence-corrected chi connectivity index (χ2v) is 4.83. The summed E-state index contributed by atoms with van der Waals surface area (Å²) >= 11 is 3.41. The van der Waals surface area contributed by atoms with Crippen molar-refractivity contribution in [2.24, 2.45) is 0 Å². The van der Waals surface area contributed by atoms with E-state index in [4.69, 9.17) is 0 Å². The monoisotopic (exact) mass is 293 g/mol. The van der Waals surface area contributed by atoms with E-state index in [-0.39, 0.29) is 0 Å². The molecule has 0 amide bonds. The molecule has 17 heavy (non-hydrogen) atoms. The summed E-state index contributed by atoms with van der Waals surface area (Å²) in [4.78, 5) is 12.5. The molecule has 0 spiro atoms. The van der Waals surface area contributed by atoms with Crippen LogP contribution in [-0.4, -0.2) is 18.2 Å². The summed E-state index contributed by atoms with van der Waals surface area (Å²) in [5.74, 6) is 0. The van der Waals surface area contributed by atoms with Crippen molar-refractivity contribution in [3.8, 4) is 0 Å². The van der Waals surface area contributed by atoms with Crippen LogP contribution in [0.4, 0.5) is 0 Å². The van der Waals surface area contributed by atoms with Crippen LogP contribution in [0.25, 0.3) is 0 Å². The quantitative estimate of drug-likeness (QED) is 0.470. The molecule has 2 nitrogen and oxygen atoms in total. The maximum atomic E-state index is 10.4. The Kier molecular flexibility index (Phi) is 5.70. The van der Waals surface area contributed by atoms with Gasteiger partial charge in [-0.1, -0.05) is 34.1 Å². The number of hydrogen-bond acceptors (Lipinski definition) is 2. The number of nitrogens with zero attached hydrogens (tertiary/aromatic N) is 1. The van der Waals surface area contributed by atoms with Crippen molar-refractivity contribution in [1.29, 1.82) is 0 Å². The molecule has 0 saturated heterocycles. The first kappa shape index (κ1) is 13.7. The standard InChI is InChI=1S/C14H16BrNO/c1-12(11-17)4-3-9-16(2)10-13-5-7-14(15)8-6-13/h3-9,11H,10H2,1-2H3/b9-3-,12-4-. The minimum Gasteiger partial charge on any atom is -0.376 e. The number of benzene rings is 1. The summed E-state index contributed by atoms with van der Waals surface area (Å²) in [6.07, 6.45) is 6.47. The molecule has 0 aromatic heterocycles. The molecule has 0 N–H and O–H groups in total. The highest BCUT2D eigenvalue weighted by Gasteiger charge is 1.95. The summed E-state index contributed by atoms with van der Waals surface area (Å²) in [6, 6.07) is 8.23. The molecule has 90 valence electrons. The average Bonchev–Trinajstić information content (AvgIpc) is 2.32. The van der Waals surface area contributed by atoms with Gasteiger partial charge in [-0.3, -0.25) is 4.79 Å². The summed E-state index contributed by atoms with van der Waals surface area (Å²) < 4.78 is 1.09. The molecule has 1 aromatic rings. The lowest BCUT2D eigenvalue weighted by Crippen LogP contribution is -2.09. The van der Waals surface area contributed by atoms with E-state index in [0.717, 1.165) is 22.9 Å². The summed E-state index contributed by atoms with van der Waals surface area (Å²) in [5, 5.41) is 0. The molecule has 0 aliphatic carbocycles. The van der Waals surface area contributed by atoms with Crippen LogP contribution in [0.1, 0.15) is 12.5 Å². The average molecular weight is 294 g/mol. The van der Waals surface area contributed by atoms with Gasteiger partial charge in [-0.25, -0.2) is 0 Å². The van der Waals surface area contributed by atoms with Gasteiger partial charge >= 0.3 is 0 Å². The predicted octanol–water partition coefficient (Wildman–Crippen LogP) is 3.54. The van der Waals surface area contributed by atoms with Crippen LogP contribution in [0.2, 0.25) is 0 Å². The summed E-state index contributed by atoms with van der Waals surface area (Å²) in [6.45, 7) is 2.63. The highest BCUT2D eigenvalue weighted by Crippen LogP contribution is 2.11. The Morgan fingerprint density at radius 3 is 2.59 bits per heavy atom. The number of carbonyl (C=O) groups is 1. The first-order chi connectivity index (χ1) is 8.11. The van der Waals surface area contributed by atoms with Crippen molar-refractivity contribution in [2.75, 3.05) is 7.05 Å². The maximum absolute atomic E-state index is 10.4. The van der Waals surface area contributed by atoms with Crippen molar-refractivity contribution in [2.45, 2.75) is 13.5 Å². The lowest BCUT2D eigenvalue weighted by Gasteiger charge is -2.13. The molecule has 0 aliphatic rings. The van der Waals surface area contributed by atoms with Gasteiger partial charge in [0.15, 0.2) is 0 Å². The third-order valence-electron chi connectivity index (χ3n) is 2.23. The van der Waals surface area contributed by atoms with Crippen LogP contribution in [0.5, 0.6) is 0 Å². The molecular weight excluding hydrogens is 278 g/mol. The van der Waals surface area contributed by atoms with Crippen LogP contribution < -0.4 is 0 Å². The largest absolute Gasteiger partial charge is 0.376 e. The predicted molar refractivity (Wildman–Crippen MR) is 74.6 cm³/mol.